The number of hydrogen-bond donors (Lipinski definition) is 0. The SMILES string of the molecule is COc1ccc(N(C(=O)c2c(C)oc3ccc(OC)cc23)C(C)C2CC2)cc1. The van der Waals surface area contributed by atoms with Gasteiger partial charge in [0.15, 0.2) is 0 Å². The zero-order chi connectivity index (χ0) is 19.8. The van der Waals surface area contributed by atoms with Gasteiger partial charge in [0.05, 0.1) is 19.8 Å². The molecule has 1 amide bonds. The molecular weight excluding hydrogens is 354 g/mol. The first-order valence-corrected chi connectivity index (χ1v) is 9.58. The van der Waals surface area contributed by atoms with Crippen molar-refractivity contribution in [1.29, 1.82) is 0 Å². The van der Waals surface area contributed by atoms with Crippen LogP contribution in [0.4, 0.5) is 5.69 Å². The summed E-state index contributed by atoms with van der Waals surface area (Å²) in [6.07, 6.45) is 2.31. The molecular formula is C23H25NO4. The Balaban J connectivity index is 1.81. The van der Waals surface area contributed by atoms with Gasteiger partial charge in [-0.05, 0) is 75.1 Å². The molecule has 0 N–H and O–H groups in total. The zero-order valence-corrected chi connectivity index (χ0v) is 16.7. The van der Waals surface area contributed by atoms with Gasteiger partial charge in [0.25, 0.3) is 5.91 Å². The molecule has 1 saturated carbocycles. The Bertz CT molecular complexity index is 1000. The van der Waals surface area contributed by atoms with Crippen LogP contribution in [0.2, 0.25) is 0 Å². The second-order valence-corrected chi connectivity index (χ2v) is 7.35. The average Bonchev–Trinajstić information content (AvgIpc) is 3.50. The van der Waals surface area contributed by atoms with E-state index in [0.29, 0.717) is 28.6 Å². The largest absolute Gasteiger partial charge is 0.497 e. The molecule has 28 heavy (non-hydrogen) atoms. The zero-order valence-electron chi connectivity index (χ0n) is 16.7. The van der Waals surface area contributed by atoms with Crippen LogP contribution in [0.1, 0.15) is 35.9 Å². The summed E-state index contributed by atoms with van der Waals surface area (Å²) in [6.45, 7) is 3.96. The highest BCUT2D eigenvalue weighted by atomic mass is 16.5. The van der Waals surface area contributed by atoms with Gasteiger partial charge >= 0.3 is 0 Å². The number of nitrogens with zero attached hydrogens (tertiary/aromatic N) is 1. The van der Waals surface area contributed by atoms with Crippen LogP contribution in [-0.4, -0.2) is 26.2 Å². The molecule has 0 saturated heterocycles. The number of hydrogen-bond acceptors (Lipinski definition) is 4. The van der Waals surface area contributed by atoms with E-state index >= 15 is 0 Å². The third-order valence-corrected chi connectivity index (χ3v) is 5.57. The van der Waals surface area contributed by atoms with Crippen molar-refractivity contribution in [3.8, 4) is 11.5 Å². The monoisotopic (exact) mass is 379 g/mol. The third-order valence-electron chi connectivity index (χ3n) is 5.57. The van der Waals surface area contributed by atoms with Gasteiger partial charge in [-0.1, -0.05) is 0 Å². The smallest absolute Gasteiger partial charge is 0.262 e. The van der Waals surface area contributed by atoms with Crippen LogP contribution in [-0.2, 0) is 0 Å². The van der Waals surface area contributed by atoms with Crippen LogP contribution in [0.25, 0.3) is 11.0 Å². The number of anilines is 1. The molecule has 1 aliphatic carbocycles. The van der Waals surface area contributed by atoms with Crippen molar-refractivity contribution < 1.29 is 18.7 Å². The summed E-state index contributed by atoms with van der Waals surface area (Å²) in [6, 6.07) is 13.3. The van der Waals surface area contributed by atoms with E-state index in [1.54, 1.807) is 14.2 Å². The third kappa shape index (κ3) is 3.21. The number of aryl methyl sites for hydroxylation is 1. The molecule has 146 valence electrons. The Hall–Kier alpha value is -2.95. The number of rotatable bonds is 6. The molecule has 1 heterocycles. The van der Waals surface area contributed by atoms with E-state index in [0.717, 1.165) is 29.7 Å². The van der Waals surface area contributed by atoms with Gasteiger partial charge in [0, 0.05) is 17.1 Å². The first kappa shape index (κ1) is 18.4. The summed E-state index contributed by atoms with van der Waals surface area (Å²) >= 11 is 0. The van der Waals surface area contributed by atoms with E-state index < -0.39 is 0 Å². The van der Waals surface area contributed by atoms with Crippen LogP contribution in [0.5, 0.6) is 11.5 Å². The molecule has 5 heteroatoms. The highest BCUT2D eigenvalue weighted by Gasteiger charge is 2.37. The lowest BCUT2D eigenvalue weighted by atomic mass is 10.1. The number of methoxy groups -OCH3 is 2. The van der Waals surface area contributed by atoms with Crippen LogP contribution in [0.15, 0.2) is 46.9 Å². The summed E-state index contributed by atoms with van der Waals surface area (Å²) in [5.41, 5.74) is 2.15. The number of amides is 1. The Labute approximate surface area is 164 Å². The van der Waals surface area contributed by atoms with Crippen LogP contribution >= 0.6 is 0 Å². The van der Waals surface area contributed by atoms with Crippen molar-refractivity contribution in [2.24, 2.45) is 5.92 Å². The van der Waals surface area contributed by atoms with Crippen molar-refractivity contribution >= 4 is 22.6 Å². The maximum atomic E-state index is 13.8. The molecule has 5 nitrogen and oxygen atoms in total. The number of furan rings is 1. The fourth-order valence-corrected chi connectivity index (χ4v) is 3.78. The Morgan fingerprint density at radius 1 is 1.07 bits per heavy atom. The van der Waals surface area contributed by atoms with Crippen molar-refractivity contribution in [2.75, 3.05) is 19.1 Å². The van der Waals surface area contributed by atoms with Gasteiger partial charge in [-0.25, -0.2) is 0 Å². The molecule has 4 rings (SSSR count). The first-order valence-electron chi connectivity index (χ1n) is 9.58. The van der Waals surface area contributed by atoms with Crippen molar-refractivity contribution in [2.45, 2.75) is 32.7 Å². The molecule has 1 aromatic heterocycles. The molecule has 0 radical (unpaired) electrons. The molecule has 2 aromatic carbocycles. The van der Waals surface area contributed by atoms with E-state index in [-0.39, 0.29) is 11.9 Å². The minimum Gasteiger partial charge on any atom is -0.497 e. The fourth-order valence-electron chi connectivity index (χ4n) is 3.78. The average molecular weight is 379 g/mol. The van der Waals surface area contributed by atoms with Crippen molar-refractivity contribution in [3.63, 3.8) is 0 Å². The lowest BCUT2D eigenvalue weighted by Crippen LogP contribution is -2.40. The number of carbonyl (C=O) groups is 1. The van der Waals surface area contributed by atoms with Crippen LogP contribution in [0.3, 0.4) is 0 Å². The van der Waals surface area contributed by atoms with E-state index in [4.69, 9.17) is 13.9 Å². The molecule has 1 atom stereocenters. The van der Waals surface area contributed by atoms with E-state index in [1.807, 2.05) is 54.3 Å². The highest BCUT2D eigenvalue weighted by Crippen LogP contribution is 2.39. The van der Waals surface area contributed by atoms with Crippen molar-refractivity contribution in [1.82, 2.24) is 0 Å². The van der Waals surface area contributed by atoms with Gasteiger partial charge in [-0.15, -0.1) is 0 Å². The summed E-state index contributed by atoms with van der Waals surface area (Å²) in [7, 11) is 3.26. The Morgan fingerprint density at radius 2 is 1.71 bits per heavy atom. The minimum absolute atomic E-state index is 0.0472. The highest BCUT2D eigenvalue weighted by molar-refractivity contribution is 6.15. The fraction of sp³-hybridized carbons (Fsp3) is 0.348. The minimum atomic E-state index is -0.0472. The first-order chi connectivity index (χ1) is 13.5. The van der Waals surface area contributed by atoms with E-state index in [9.17, 15) is 4.79 Å². The second-order valence-electron chi connectivity index (χ2n) is 7.35. The second kappa shape index (κ2) is 7.23. The molecule has 1 fully saturated rings. The molecule has 0 bridgehead atoms. The predicted molar refractivity (Wildman–Crippen MR) is 109 cm³/mol. The summed E-state index contributed by atoms with van der Waals surface area (Å²) in [5.74, 6) is 2.57. The predicted octanol–water partition coefficient (Wildman–Crippen LogP) is 5.20. The number of benzene rings is 2. The number of ether oxygens (including phenoxy) is 2. The van der Waals surface area contributed by atoms with Gasteiger partial charge in [0.2, 0.25) is 0 Å². The standard InChI is InChI=1S/C23H25NO4/c1-14(16-5-6-16)24(17-7-9-18(26-3)10-8-17)23(25)22-15(2)28-21-12-11-19(27-4)13-20(21)22/h7-14,16H,5-6H2,1-4H3. The lowest BCUT2D eigenvalue weighted by Gasteiger charge is -2.29. The summed E-state index contributed by atoms with van der Waals surface area (Å²) in [4.78, 5) is 15.7. The normalized spacial score (nSPS) is 14.7. The summed E-state index contributed by atoms with van der Waals surface area (Å²) in [5, 5.41) is 0.781. The maximum Gasteiger partial charge on any atom is 0.262 e. The van der Waals surface area contributed by atoms with Gasteiger partial charge in [-0.3, -0.25) is 4.79 Å². The topological polar surface area (TPSA) is 51.9 Å². The van der Waals surface area contributed by atoms with Gasteiger partial charge in [0.1, 0.15) is 22.8 Å². The number of fused-ring (bicyclic) bond motifs is 1. The Morgan fingerprint density at radius 3 is 2.32 bits per heavy atom. The molecule has 1 unspecified atom stereocenters. The van der Waals surface area contributed by atoms with Crippen molar-refractivity contribution in [3.05, 3.63) is 53.8 Å². The molecule has 3 aromatic rings. The Kier molecular flexibility index (Phi) is 4.75. The lowest BCUT2D eigenvalue weighted by molar-refractivity contribution is 0.0975. The van der Waals surface area contributed by atoms with Crippen LogP contribution < -0.4 is 14.4 Å². The van der Waals surface area contributed by atoms with Crippen LogP contribution in [0, 0.1) is 12.8 Å². The molecule has 0 aliphatic heterocycles. The van der Waals surface area contributed by atoms with Gasteiger partial charge in [-0.2, -0.15) is 0 Å². The summed E-state index contributed by atoms with van der Waals surface area (Å²) < 4.78 is 16.5. The van der Waals surface area contributed by atoms with E-state index in [1.165, 1.54) is 0 Å². The molecule has 1 aliphatic rings. The van der Waals surface area contributed by atoms with E-state index in [2.05, 4.69) is 6.92 Å². The number of carbonyl (C=O) groups excluding carboxylic acids is 1. The maximum absolute atomic E-state index is 13.8. The quantitative estimate of drug-likeness (QED) is 0.590. The van der Waals surface area contributed by atoms with Gasteiger partial charge < -0.3 is 18.8 Å². The molecule has 0 spiro atoms.